The van der Waals surface area contributed by atoms with Gasteiger partial charge in [-0.15, -0.1) is 0 Å². The van der Waals surface area contributed by atoms with Crippen LogP contribution in [0.5, 0.6) is 0 Å². The maximum Gasteiger partial charge on any atom is 0.405 e. The molecule has 1 unspecified atom stereocenters. The number of carbonyl (C=O) groups is 1. The van der Waals surface area contributed by atoms with Crippen molar-refractivity contribution in [2.75, 3.05) is 20.6 Å². The summed E-state index contributed by atoms with van der Waals surface area (Å²) < 4.78 is 5.14. The molecule has 4 nitrogen and oxygen atoms in total. The molecule has 0 aliphatic rings. The van der Waals surface area contributed by atoms with Gasteiger partial charge in [0.05, 0.1) is 0 Å². The van der Waals surface area contributed by atoms with E-state index in [1.807, 2.05) is 50.2 Å². The fourth-order valence-corrected chi connectivity index (χ4v) is 1.59. The molecule has 0 saturated heterocycles. The van der Waals surface area contributed by atoms with Gasteiger partial charge in [0.1, 0.15) is 6.10 Å². The van der Waals surface area contributed by atoms with Crippen molar-refractivity contribution in [3.63, 3.8) is 0 Å². The Hall–Kier alpha value is -1.55. The maximum absolute atomic E-state index is 10.9. The zero-order valence-corrected chi connectivity index (χ0v) is 10.6. The van der Waals surface area contributed by atoms with Crippen LogP contribution < -0.4 is 5.73 Å². The monoisotopic (exact) mass is 236 g/mol. The number of benzene rings is 1. The molecule has 0 aromatic heterocycles. The van der Waals surface area contributed by atoms with Gasteiger partial charge in [-0.05, 0) is 26.6 Å². The van der Waals surface area contributed by atoms with Crippen LogP contribution in [0.15, 0.2) is 24.3 Å². The molecule has 2 N–H and O–H groups in total. The standard InChI is InChI=1S/C13H20N2O2/c1-10-4-6-11(7-5-10)12(17-13(14)16)8-9-15(2)3/h4-7,12H,8-9H2,1-3H3,(H2,14,16). The molecular weight excluding hydrogens is 216 g/mol. The van der Waals surface area contributed by atoms with E-state index in [-0.39, 0.29) is 6.10 Å². The third kappa shape index (κ3) is 4.87. The normalized spacial score (nSPS) is 12.5. The number of hydrogen-bond donors (Lipinski definition) is 1. The first-order valence-electron chi connectivity index (χ1n) is 5.66. The molecule has 1 atom stereocenters. The Kier molecular flexibility index (Phi) is 4.97. The number of aryl methyl sites for hydroxylation is 1. The summed E-state index contributed by atoms with van der Waals surface area (Å²) in [6.07, 6.45) is -0.260. The van der Waals surface area contributed by atoms with Gasteiger partial charge in [-0.2, -0.15) is 0 Å². The maximum atomic E-state index is 10.9. The third-order valence-corrected chi connectivity index (χ3v) is 2.55. The van der Waals surface area contributed by atoms with Crippen LogP contribution in [0.3, 0.4) is 0 Å². The minimum atomic E-state index is -0.727. The Morgan fingerprint density at radius 1 is 1.35 bits per heavy atom. The van der Waals surface area contributed by atoms with E-state index in [4.69, 9.17) is 10.5 Å². The van der Waals surface area contributed by atoms with Crippen molar-refractivity contribution < 1.29 is 9.53 Å². The summed E-state index contributed by atoms with van der Waals surface area (Å²) in [5.41, 5.74) is 7.25. The van der Waals surface area contributed by atoms with E-state index in [1.165, 1.54) is 5.56 Å². The van der Waals surface area contributed by atoms with Crippen LogP contribution in [0.4, 0.5) is 4.79 Å². The van der Waals surface area contributed by atoms with Gasteiger partial charge in [0.15, 0.2) is 0 Å². The summed E-state index contributed by atoms with van der Waals surface area (Å²) in [7, 11) is 3.97. The second-order valence-electron chi connectivity index (χ2n) is 4.43. The highest BCUT2D eigenvalue weighted by Gasteiger charge is 2.15. The van der Waals surface area contributed by atoms with Gasteiger partial charge in [0, 0.05) is 13.0 Å². The fraction of sp³-hybridized carbons (Fsp3) is 0.462. The lowest BCUT2D eigenvalue weighted by molar-refractivity contribution is 0.0960. The Bertz CT molecular complexity index is 360. The van der Waals surface area contributed by atoms with Crippen LogP contribution >= 0.6 is 0 Å². The minimum absolute atomic E-state index is 0.268. The highest BCUT2D eigenvalue weighted by molar-refractivity contribution is 5.65. The van der Waals surface area contributed by atoms with Gasteiger partial charge in [0.2, 0.25) is 0 Å². The first kappa shape index (κ1) is 13.5. The highest BCUT2D eigenvalue weighted by atomic mass is 16.6. The molecule has 0 saturated carbocycles. The second-order valence-corrected chi connectivity index (χ2v) is 4.43. The number of ether oxygens (including phenoxy) is 1. The highest BCUT2D eigenvalue weighted by Crippen LogP contribution is 2.21. The first-order valence-corrected chi connectivity index (χ1v) is 5.66. The van der Waals surface area contributed by atoms with Crippen LogP contribution in [0.25, 0.3) is 0 Å². The van der Waals surface area contributed by atoms with Crippen molar-refractivity contribution >= 4 is 6.09 Å². The van der Waals surface area contributed by atoms with Gasteiger partial charge in [-0.1, -0.05) is 29.8 Å². The smallest absolute Gasteiger partial charge is 0.405 e. The van der Waals surface area contributed by atoms with Gasteiger partial charge >= 0.3 is 6.09 Å². The van der Waals surface area contributed by atoms with Crippen LogP contribution in [-0.2, 0) is 4.74 Å². The summed E-state index contributed by atoms with van der Waals surface area (Å²) in [4.78, 5) is 12.9. The predicted molar refractivity (Wildman–Crippen MR) is 67.8 cm³/mol. The van der Waals surface area contributed by atoms with Gasteiger partial charge in [0.25, 0.3) is 0 Å². The molecule has 0 bridgehead atoms. The van der Waals surface area contributed by atoms with E-state index < -0.39 is 6.09 Å². The van der Waals surface area contributed by atoms with Crippen molar-refractivity contribution in [3.05, 3.63) is 35.4 Å². The molecule has 0 aliphatic heterocycles. The number of nitrogens with two attached hydrogens (primary N) is 1. The lowest BCUT2D eigenvalue weighted by atomic mass is 10.0. The van der Waals surface area contributed by atoms with Crippen molar-refractivity contribution in [3.8, 4) is 0 Å². The van der Waals surface area contributed by atoms with E-state index in [0.717, 1.165) is 18.5 Å². The van der Waals surface area contributed by atoms with E-state index in [2.05, 4.69) is 0 Å². The number of carbonyl (C=O) groups excluding carboxylic acids is 1. The van der Waals surface area contributed by atoms with Crippen molar-refractivity contribution in [2.45, 2.75) is 19.4 Å². The molecule has 4 heteroatoms. The average molecular weight is 236 g/mol. The number of hydrogen-bond acceptors (Lipinski definition) is 3. The van der Waals surface area contributed by atoms with Gasteiger partial charge in [-0.25, -0.2) is 4.79 Å². The summed E-state index contributed by atoms with van der Waals surface area (Å²) in [5.74, 6) is 0. The molecule has 1 aromatic rings. The Labute approximate surface area is 102 Å². The molecule has 1 amide bonds. The molecule has 0 spiro atoms. The van der Waals surface area contributed by atoms with E-state index in [0.29, 0.717) is 0 Å². The van der Waals surface area contributed by atoms with Crippen molar-refractivity contribution in [1.29, 1.82) is 0 Å². The quantitative estimate of drug-likeness (QED) is 0.851. The zero-order chi connectivity index (χ0) is 12.8. The molecule has 0 heterocycles. The Balaban J connectivity index is 2.74. The SMILES string of the molecule is Cc1ccc(C(CCN(C)C)OC(N)=O)cc1. The summed E-state index contributed by atoms with van der Waals surface area (Å²) in [5, 5.41) is 0. The van der Waals surface area contributed by atoms with Crippen LogP contribution in [0.1, 0.15) is 23.7 Å². The lowest BCUT2D eigenvalue weighted by Gasteiger charge is -2.19. The molecule has 1 aromatic carbocycles. The van der Waals surface area contributed by atoms with Crippen molar-refractivity contribution in [2.24, 2.45) is 5.73 Å². The molecular formula is C13H20N2O2. The number of rotatable bonds is 5. The Morgan fingerprint density at radius 2 is 1.94 bits per heavy atom. The lowest BCUT2D eigenvalue weighted by Crippen LogP contribution is -2.22. The fourth-order valence-electron chi connectivity index (χ4n) is 1.59. The molecule has 0 fully saturated rings. The Morgan fingerprint density at radius 3 is 2.41 bits per heavy atom. The molecule has 0 aliphatic carbocycles. The molecule has 17 heavy (non-hydrogen) atoms. The van der Waals surface area contributed by atoms with Gasteiger partial charge in [-0.3, -0.25) is 0 Å². The summed E-state index contributed by atoms with van der Waals surface area (Å²) in [6, 6.07) is 7.95. The van der Waals surface area contributed by atoms with E-state index in [9.17, 15) is 4.79 Å². The first-order chi connectivity index (χ1) is 7.99. The van der Waals surface area contributed by atoms with Crippen molar-refractivity contribution in [1.82, 2.24) is 4.90 Å². The largest absolute Gasteiger partial charge is 0.441 e. The predicted octanol–water partition coefficient (Wildman–Crippen LogP) is 2.08. The molecule has 0 radical (unpaired) electrons. The topological polar surface area (TPSA) is 55.6 Å². The zero-order valence-electron chi connectivity index (χ0n) is 10.6. The summed E-state index contributed by atoms with van der Waals surface area (Å²) >= 11 is 0. The molecule has 1 rings (SSSR count). The third-order valence-electron chi connectivity index (χ3n) is 2.55. The second kappa shape index (κ2) is 6.25. The number of primary amides is 1. The van der Waals surface area contributed by atoms with E-state index in [1.54, 1.807) is 0 Å². The molecule has 94 valence electrons. The minimum Gasteiger partial charge on any atom is -0.441 e. The number of nitrogens with zero attached hydrogens (tertiary/aromatic N) is 1. The van der Waals surface area contributed by atoms with E-state index >= 15 is 0 Å². The van der Waals surface area contributed by atoms with Crippen LogP contribution in [-0.4, -0.2) is 31.6 Å². The van der Waals surface area contributed by atoms with Crippen LogP contribution in [0, 0.1) is 6.92 Å². The summed E-state index contributed by atoms with van der Waals surface area (Å²) in [6.45, 7) is 2.86. The van der Waals surface area contributed by atoms with Crippen LogP contribution in [0.2, 0.25) is 0 Å². The average Bonchev–Trinajstić information content (AvgIpc) is 2.25. The number of amides is 1. The van der Waals surface area contributed by atoms with Gasteiger partial charge < -0.3 is 15.4 Å².